The van der Waals surface area contributed by atoms with E-state index in [4.69, 9.17) is 4.74 Å². The highest BCUT2D eigenvalue weighted by Gasteiger charge is 2.15. The Morgan fingerprint density at radius 2 is 2.00 bits per heavy atom. The maximum atomic E-state index is 5.44. The molecule has 5 heteroatoms. The van der Waals surface area contributed by atoms with Crippen molar-refractivity contribution in [3.05, 3.63) is 72.3 Å². The van der Waals surface area contributed by atoms with Crippen LogP contribution in [-0.4, -0.2) is 34.0 Å². The molecule has 0 bridgehead atoms. The Kier molecular flexibility index (Phi) is 4.86. The molecule has 3 aromatic rings. The molecule has 1 N–H and O–H groups in total. The van der Waals surface area contributed by atoms with Crippen LogP contribution in [0.4, 0.5) is 0 Å². The highest BCUT2D eigenvalue weighted by atomic mass is 16.5. The molecule has 0 amide bonds. The van der Waals surface area contributed by atoms with Gasteiger partial charge in [-0.3, -0.25) is 0 Å². The lowest BCUT2D eigenvalue weighted by atomic mass is 9.98. The van der Waals surface area contributed by atoms with Gasteiger partial charge in [-0.25, -0.2) is 9.67 Å². The quantitative estimate of drug-likeness (QED) is 0.753. The number of rotatable bonds is 6. The second-order valence-corrected chi connectivity index (χ2v) is 6.39. The Bertz CT molecular complexity index is 793. The Labute approximate surface area is 147 Å². The van der Waals surface area contributed by atoms with Gasteiger partial charge in [0.05, 0.1) is 13.2 Å². The number of aromatic nitrogens is 3. The minimum absolute atomic E-state index is 0.470. The molecule has 128 valence electrons. The number of nitrogens with one attached hydrogen (secondary N) is 1. The van der Waals surface area contributed by atoms with Crippen molar-refractivity contribution in [1.82, 2.24) is 20.1 Å². The zero-order chi connectivity index (χ0) is 16.9. The van der Waals surface area contributed by atoms with Gasteiger partial charge in [0, 0.05) is 19.2 Å². The third kappa shape index (κ3) is 3.95. The van der Waals surface area contributed by atoms with E-state index in [0.29, 0.717) is 6.04 Å². The molecule has 1 aromatic heterocycles. The minimum Gasteiger partial charge on any atom is -0.380 e. The Morgan fingerprint density at radius 1 is 1.12 bits per heavy atom. The van der Waals surface area contributed by atoms with E-state index in [1.165, 1.54) is 22.3 Å². The first-order valence-corrected chi connectivity index (χ1v) is 8.69. The first kappa shape index (κ1) is 16.0. The molecule has 1 saturated heterocycles. The topological polar surface area (TPSA) is 52.0 Å². The first-order valence-electron chi connectivity index (χ1n) is 8.69. The Morgan fingerprint density at radius 3 is 2.76 bits per heavy atom. The van der Waals surface area contributed by atoms with Crippen LogP contribution in [-0.2, 0) is 17.8 Å². The lowest BCUT2D eigenvalue weighted by molar-refractivity contribution is 0.190. The maximum Gasteiger partial charge on any atom is 0.137 e. The van der Waals surface area contributed by atoms with Gasteiger partial charge in [0.15, 0.2) is 0 Å². The van der Waals surface area contributed by atoms with E-state index < -0.39 is 0 Å². The SMILES string of the molecule is c1ccc(-c2ccc(Cn3cncn3)cc2)c(CN[C@@H]2CCOC2)c1. The van der Waals surface area contributed by atoms with Crippen LogP contribution < -0.4 is 5.32 Å². The molecule has 5 nitrogen and oxygen atoms in total. The summed E-state index contributed by atoms with van der Waals surface area (Å²) in [5.41, 5.74) is 5.05. The van der Waals surface area contributed by atoms with Gasteiger partial charge in [-0.15, -0.1) is 0 Å². The summed E-state index contributed by atoms with van der Waals surface area (Å²) in [5.74, 6) is 0. The van der Waals surface area contributed by atoms with Crippen molar-refractivity contribution >= 4 is 0 Å². The molecule has 4 rings (SSSR count). The van der Waals surface area contributed by atoms with Crippen molar-refractivity contribution in [2.45, 2.75) is 25.6 Å². The van der Waals surface area contributed by atoms with Gasteiger partial charge in [0.1, 0.15) is 12.7 Å². The lowest BCUT2D eigenvalue weighted by Gasteiger charge is -2.14. The summed E-state index contributed by atoms with van der Waals surface area (Å²) in [6.45, 7) is 3.29. The van der Waals surface area contributed by atoms with Crippen LogP contribution in [0.25, 0.3) is 11.1 Å². The lowest BCUT2D eigenvalue weighted by Crippen LogP contribution is -2.28. The van der Waals surface area contributed by atoms with Crippen LogP contribution in [0.5, 0.6) is 0 Å². The van der Waals surface area contributed by atoms with Gasteiger partial charge in [-0.2, -0.15) is 5.10 Å². The second kappa shape index (κ2) is 7.59. The third-order valence-electron chi connectivity index (χ3n) is 4.60. The van der Waals surface area contributed by atoms with E-state index >= 15 is 0 Å². The molecule has 1 aliphatic rings. The number of nitrogens with zero attached hydrogens (tertiary/aromatic N) is 3. The molecule has 25 heavy (non-hydrogen) atoms. The zero-order valence-corrected chi connectivity index (χ0v) is 14.1. The van der Waals surface area contributed by atoms with Gasteiger partial charge in [-0.05, 0) is 28.7 Å². The maximum absolute atomic E-state index is 5.44. The van der Waals surface area contributed by atoms with Crippen molar-refractivity contribution in [3.8, 4) is 11.1 Å². The van der Waals surface area contributed by atoms with Gasteiger partial charge in [0.2, 0.25) is 0 Å². The van der Waals surface area contributed by atoms with Crippen molar-refractivity contribution in [2.24, 2.45) is 0 Å². The van der Waals surface area contributed by atoms with Gasteiger partial charge < -0.3 is 10.1 Å². The van der Waals surface area contributed by atoms with E-state index in [0.717, 1.165) is 32.7 Å². The van der Waals surface area contributed by atoms with E-state index in [2.05, 4.69) is 63.9 Å². The summed E-state index contributed by atoms with van der Waals surface area (Å²) in [4.78, 5) is 3.98. The predicted molar refractivity (Wildman–Crippen MR) is 97.1 cm³/mol. The molecule has 1 fully saturated rings. The molecule has 0 unspecified atom stereocenters. The molecule has 0 saturated carbocycles. The van der Waals surface area contributed by atoms with Crippen molar-refractivity contribution < 1.29 is 4.74 Å². The average Bonchev–Trinajstić information content (AvgIpc) is 3.35. The second-order valence-electron chi connectivity index (χ2n) is 6.39. The number of hydrogen-bond acceptors (Lipinski definition) is 4. The molecule has 2 aromatic carbocycles. The summed E-state index contributed by atoms with van der Waals surface area (Å²) in [7, 11) is 0. The molecule has 0 aliphatic carbocycles. The van der Waals surface area contributed by atoms with Crippen LogP contribution in [0, 0.1) is 0 Å². The van der Waals surface area contributed by atoms with Crippen molar-refractivity contribution in [3.63, 3.8) is 0 Å². The van der Waals surface area contributed by atoms with E-state index in [1.54, 1.807) is 12.7 Å². The highest BCUT2D eigenvalue weighted by Crippen LogP contribution is 2.24. The smallest absolute Gasteiger partial charge is 0.137 e. The standard InChI is InChI=1S/C20H22N4O/c1-2-4-20(18(3-1)11-22-19-9-10-25-13-19)17-7-5-16(6-8-17)12-24-15-21-14-23-24/h1-8,14-15,19,22H,9-13H2/t19-/m1/s1. The van der Waals surface area contributed by atoms with Crippen LogP contribution in [0.3, 0.4) is 0 Å². The van der Waals surface area contributed by atoms with Gasteiger partial charge in [0.25, 0.3) is 0 Å². The molecular formula is C20H22N4O. The summed E-state index contributed by atoms with van der Waals surface area (Å²) < 4.78 is 7.27. The Balaban J connectivity index is 1.48. The highest BCUT2D eigenvalue weighted by molar-refractivity contribution is 5.67. The average molecular weight is 334 g/mol. The molecule has 1 atom stereocenters. The third-order valence-corrected chi connectivity index (χ3v) is 4.60. The Hall–Kier alpha value is -2.50. The monoisotopic (exact) mass is 334 g/mol. The van der Waals surface area contributed by atoms with Crippen LogP contribution in [0.15, 0.2) is 61.2 Å². The minimum atomic E-state index is 0.470. The molecule has 0 radical (unpaired) electrons. The first-order chi connectivity index (χ1) is 12.4. The van der Waals surface area contributed by atoms with Crippen LogP contribution >= 0.6 is 0 Å². The fourth-order valence-electron chi connectivity index (χ4n) is 3.20. The summed E-state index contributed by atoms with van der Waals surface area (Å²) in [6.07, 6.45) is 4.40. The van der Waals surface area contributed by atoms with Crippen LogP contribution in [0.1, 0.15) is 17.5 Å². The van der Waals surface area contributed by atoms with E-state index in [9.17, 15) is 0 Å². The van der Waals surface area contributed by atoms with E-state index in [-0.39, 0.29) is 0 Å². The van der Waals surface area contributed by atoms with Gasteiger partial charge in [-0.1, -0.05) is 48.5 Å². The number of ether oxygens (including phenoxy) is 1. The van der Waals surface area contributed by atoms with Crippen molar-refractivity contribution in [1.29, 1.82) is 0 Å². The summed E-state index contributed by atoms with van der Waals surface area (Å²) >= 11 is 0. The van der Waals surface area contributed by atoms with E-state index in [1.807, 2.05) is 4.68 Å². The molecule has 2 heterocycles. The summed E-state index contributed by atoms with van der Waals surface area (Å²) in [6, 6.07) is 17.7. The number of benzene rings is 2. The fraction of sp³-hybridized carbons (Fsp3) is 0.300. The number of hydrogen-bond donors (Lipinski definition) is 1. The molecular weight excluding hydrogens is 312 g/mol. The van der Waals surface area contributed by atoms with Crippen molar-refractivity contribution in [2.75, 3.05) is 13.2 Å². The molecule has 1 aliphatic heterocycles. The predicted octanol–water partition coefficient (Wildman–Crippen LogP) is 2.87. The van der Waals surface area contributed by atoms with Gasteiger partial charge >= 0.3 is 0 Å². The van der Waals surface area contributed by atoms with Crippen LogP contribution in [0.2, 0.25) is 0 Å². The largest absolute Gasteiger partial charge is 0.380 e. The zero-order valence-electron chi connectivity index (χ0n) is 14.1. The normalized spacial score (nSPS) is 17.0. The fourth-order valence-corrected chi connectivity index (χ4v) is 3.20. The summed E-state index contributed by atoms with van der Waals surface area (Å²) in [5, 5.41) is 7.76. The molecule has 0 spiro atoms.